The molecular weight excluding hydrogens is 420 g/mol. The zero-order chi connectivity index (χ0) is 19.6. The van der Waals surface area contributed by atoms with E-state index >= 15 is 0 Å². The van der Waals surface area contributed by atoms with Gasteiger partial charge >= 0.3 is 0 Å². The van der Waals surface area contributed by atoms with Gasteiger partial charge in [0.25, 0.3) is 5.56 Å². The predicted octanol–water partition coefficient (Wildman–Crippen LogP) is 3.70. The van der Waals surface area contributed by atoms with E-state index in [-0.39, 0.29) is 24.4 Å². The van der Waals surface area contributed by atoms with Crippen LogP contribution >= 0.6 is 15.9 Å². The number of carbonyl (C=O) groups is 1. The van der Waals surface area contributed by atoms with Gasteiger partial charge in [0.1, 0.15) is 0 Å². The number of carbonyl (C=O) groups excluding carboxylic acids is 1. The van der Waals surface area contributed by atoms with Crippen LogP contribution in [0.2, 0.25) is 0 Å². The Kier molecular flexibility index (Phi) is 5.65. The lowest BCUT2D eigenvalue weighted by molar-refractivity contribution is -0.121. The van der Waals surface area contributed by atoms with Gasteiger partial charge < -0.3 is 5.32 Å². The number of benzene rings is 2. The third-order valence-electron chi connectivity index (χ3n) is 4.19. The summed E-state index contributed by atoms with van der Waals surface area (Å²) in [4.78, 5) is 28.9. The Balaban J connectivity index is 1.67. The lowest BCUT2D eigenvalue weighted by Gasteiger charge is -2.15. The fourth-order valence-corrected chi connectivity index (χ4v) is 3.05. The molecule has 0 bridgehead atoms. The molecule has 27 heavy (non-hydrogen) atoms. The molecule has 8 heteroatoms. The first kappa shape index (κ1) is 19.2. The van der Waals surface area contributed by atoms with Gasteiger partial charge in [-0.25, -0.2) is 13.8 Å². The fourth-order valence-electron chi connectivity index (χ4n) is 2.69. The molecule has 1 N–H and O–H groups in total. The summed E-state index contributed by atoms with van der Waals surface area (Å²) in [6.45, 7) is 1.83. The van der Waals surface area contributed by atoms with Crippen molar-refractivity contribution in [1.82, 2.24) is 14.9 Å². The zero-order valence-corrected chi connectivity index (χ0v) is 16.0. The first-order valence-corrected chi connectivity index (χ1v) is 9.03. The maximum atomic E-state index is 13.3. The Morgan fingerprint density at radius 2 is 2.00 bits per heavy atom. The van der Waals surface area contributed by atoms with Gasteiger partial charge in [-0.1, -0.05) is 22.0 Å². The second-order valence-electron chi connectivity index (χ2n) is 6.12. The van der Waals surface area contributed by atoms with Crippen molar-refractivity contribution in [2.24, 2.45) is 0 Å². The molecule has 3 rings (SSSR count). The summed E-state index contributed by atoms with van der Waals surface area (Å²) in [6.07, 6.45) is 1.46. The van der Waals surface area contributed by atoms with Crippen LogP contribution in [0.25, 0.3) is 10.9 Å². The van der Waals surface area contributed by atoms with E-state index in [2.05, 4.69) is 26.2 Å². The second-order valence-corrected chi connectivity index (χ2v) is 7.03. The molecule has 140 valence electrons. The van der Waals surface area contributed by atoms with Crippen LogP contribution in [0, 0.1) is 11.6 Å². The normalized spacial score (nSPS) is 12.1. The number of fused-ring (bicyclic) bond motifs is 1. The van der Waals surface area contributed by atoms with Crippen LogP contribution in [-0.2, 0) is 11.3 Å². The van der Waals surface area contributed by atoms with Crippen molar-refractivity contribution >= 4 is 32.7 Å². The van der Waals surface area contributed by atoms with E-state index in [4.69, 9.17) is 0 Å². The van der Waals surface area contributed by atoms with Gasteiger partial charge in [-0.15, -0.1) is 0 Å². The molecule has 0 aliphatic carbocycles. The third-order valence-corrected chi connectivity index (χ3v) is 4.68. The quantitative estimate of drug-likeness (QED) is 0.664. The molecule has 1 heterocycles. The summed E-state index contributed by atoms with van der Waals surface area (Å²) in [7, 11) is 0. The molecule has 0 radical (unpaired) electrons. The van der Waals surface area contributed by atoms with Crippen LogP contribution < -0.4 is 10.9 Å². The van der Waals surface area contributed by atoms with Crippen LogP contribution in [0.1, 0.15) is 24.9 Å². The third kappa shape index (κ3) is 4.39. The van der Waals surface area contributed by atoms with Gasteiger partial charge in [-0.3, -0.25) is 14.2 Å². The first-order valence-electron chi connectivity index (χ1n) is 8.24. The van der Waals surface area contributed by atoms with Gasteiger partial charge in [-0.05, 0) is 42.8 Å². The number of halogens is 3. The summed E-state index contributed by atoms with van der Waals surface area (Å²) >= 11 is 3.32. The molecule has 5 nitrogen and oxygen atoms in total. The van der Waals surface area contributed by atoms with Crippen molar-refractivity contribution in [3.63, 3.8) is 0 Å². The number of nitrogens with one attached hydrogen (secondary N) is 1. The highest BCUT2D eigenvalue weighted by atomic mass is 79.9. The molecular formula is C19H16BrF2N3O2. The Morgan fingerprint density at radius 3 is 2.74 bits per heavy atom. The minimum Gasteiger partial charge on any atom is -0.350 e. The fraction of sp³-hybridized carbons (Fsp3) is 0.211. The van der Waals surface area contributed by atoms with E-state index in [9.17, 15) is 18.4 Å². The van der Waals surface area contributed by atoms with Crippen LogP contribution in [0.3, 0.4) is 0 Å². The van der Waals surface area contributed by atoms with E-state index < -0.39 is 17.7 Å². The highest BCUT2D eigenvalue weighted by Gasteiger charge is 2.13. The minimum absolute atomic E-state index is 0.0507. The van der Waals surface area contributed by atoms with Gasteiger partial charge in [0.15, 0.2) is 11.6 Å². The van der Waals surface area contributed by atoms with E-state index in [1.165, 1.54) is 17.0 Å². The first-order chi connectivity index (χ1) is 12.8. The molecule has 0 aliphatic heterocycles. The number of hydrogen-bond acceptors (Lipinski definition) is 3. The summed E-state index contributed by atoms with van der Waals surface area (Å²) in [6, 6.07) is 8.22. The maximum Gasteiger partial charge on any atom is 0.261 e. The van der Waals surface area contributed by atoms with Crippen molar-refractivity contribution in [2.45, 2.75) is 25.9 Å². The summed E-state index contributed by atoms with van der Waals surface area (Å²) in [5, 5.41) is 3.17. The molecule has 3 aromatic rings. The lowest BCUT2D eigenvalue weighted by atomic mass is 10.1. The Bertz CT molecular complexity index is 1070. The van der Waals surface area contributed by atoms with Crippen LogP contribution in [-0.4, -0.2) is 15.5 Å². The second kappa shape index (κ2) is 7.96. The van der Waals surface area contributed by atoms with E-state index in [1.807, 2.05) is 0 Å². The molecule has 1 atom stereocenters. The van der Waals surface area contributed by atoms with Crippen molar-refractivity contribution in [2.75, 3.05) is 0 Å². The predicted molar refractivity (Wildman–Crippen MR) is 101 cm³/mol. The minimum atomic E-state index is -0.964. The number of nitrogens with zero attached hydrogens (tertiary/aromatic N) is 2. The number of amides is 1. The molecule has 1 amide bonds. The zero-order valence-electron chi connectivity index (χ0n) is 14.4. The topological polar surface area (TPSA) is 64.0 Å². The average molecular weight is 436 g/mol. The SMILES string of the molecule is CC(NC(=O)CCn1cnc2ccc(Br)cc2c1=O)c1ccc(F)c(F)c1. The Labute approximate surface area is 162 Å². The highest BCUT2D eigenvalue weighted by molar-refractivity contribution is 9.10. The molecule has 0 saturated carbocycles. The van der Waals surface area contributed by atoms with E-state index in [0.29, 0.717) is 16.5 Å². The van der Waals surface area contributed by atoms with Crippen LogP contribution in [0.4, 0.5) is 8.78 Å². The smallest absolute Gasteiger partial charge is 0.261 e. The molecule has 0 spiro atoms. The maximum absolute atomic E-state index is 13.3. The van der Waals surface area contributed by atoms with E-state index in [1.54, 1.807) is 25.1 Å². The highest BCUT2D eigenvalue weighted by Crippen LogP contribution is 2.16. The van der Waals surface area contributed by atoms with Crippen LogP contribution in [0.5, 0.6) is 0 Å². The molecule has 0 saturated heterocycles. The van der Waals surface area contributed by atoms with E-state index in [0.717, 1.165) is 16.6 Å². The van der Waals surface area contributed by atoms with Crippen molar-refractivity contribution < 1.29 is 13.6 Å². The summed E-state index contributed by atoms with van der Waals surface area (Å²) in [5.41, 5.74) is 0.801. The van der Waals surface area contributed by atoms with Crippen LogP contribution in [0.15, 0.2) is 52.0 Å². The Hall–Kier alpha value is -2.61. The van der Waals surface area contributed by atoms with Gasteiger partial charge in [0.2, 0.25) is 5.91 Å². The molecule has 1 aromatic heterocycles. The van der Waals surface area contributed by atoms with Gasteiger partial charge in [-0.2, -0.15) is 0 Å². The number of hydrogen-bond donors (Lipinski definition) is 1. The molecule has 0 fully saturated rings. The number of rotatable bonds is 5. The van der Waals surface area contributed by atoms with Crippen molar-refractivity contribution in [3.8, 4) is 0 Å². The Morgan fingerprint density at radius 1 is 1.22 bits per heavy atom. The van der Waals surface area contributed by atoms with Gasteiger partial charge in [0, 0.05) is 17.4 Å². The monoisotopic (exact) mass is 435 g/mol. The van der Waals surface area contributed by atoms with Gasteiger partial charge in [0.05, 0.1) is 23.3 Å². The lowest BCUT2D eigenvalue weighted by Crippen LogP contribution is -2.29. The summed E-state index contributed by atoms with van der Waals surface area (Å²) in [5.74, 6) is -2.21. The van der Waals surface area contributed by atoms with Crippen molar-refractivity contribution in [1.29, 1.82) is 0 Å². The molecule has 1 unspecified atom stereocenters. The molecule has 0 aliphatic rings. The standard InChI is InChI=1S/C19H16BrF2N3O2/c1-11(12-2-4-15(21)16(22)8-12)24-18(26)6-7-25-10-23-17-5-3-13(20)9-14(17)19(25)27/h2-5,8-11H,6-7H2,1H3,(H,24,26). The largest absolute Gasteiger partial charge is 0.350 e. The summed E-state index contributed by atoms with van der Waals surface area (Å²) < 4.78 is 28.5. The number of aryl methyl sites for hydroxylation is 1. The average Bonchev–Trinajstić information content (AvgIpc) is 2.64. The number of aromatic nitrogens is 2. The molecule has 2 aromatic carbocycles. The van der Waals surface area contributed by atoms with Crippen molar-refractivity contribution in [3.05, 3.63) is 74.7 Å².